The van der Waals surface area contributed by atoms with Gasteiger partial charge in [0.15, 0.2) is 0 Å². The molecule has 8 nitrogen and oxygen atoms in total. The fourth-order valence-corrected chi connectivity index (χ4v) is 8.71. The van der Waals surface area contributed by atoms with Crippen LogP contribution < -0.4 is 4.90 Å². The van der Waals surface area contributed by atoms with Crippen molar-refractivity contribution in [3.8, 4) is 74.5 Å². The molecule has 0 unspecified atom stereocenters. The lowest BCUT2D eigenvalue weighted by Crippen LogP contribution is -2.30. The van der Waals surface area contributed by atoms with E-state index < -0.39 is 11.8 Å². The van der Waals surface area contributed by atoms with Crippen molar-refractivity contribution in [3.63, 3.8) is 0 Å². The van der Waals surface area contributed by atoms with E-state index in [2.05, 4.69) is 24.3 Å². The van der Waals surface area contributed by atoms with E-state index in [1.807, 2.05) is 126 Å². The van der Waals surface area contributed by atoms with Crippen LogP contribution in [0.25, 0.3) is 72.0 Å². The first-order valence-electron chi connectivity index (χ1n) is 19.6. The number of para-hydroxylation sites is 2. The van der Waals surface area contributed by atoms with Crippen LogP contribution in [-0.2, 0) is 0 Å². The van der Waals surface area contributed by atoms with Crippen LogP contribution in [0.2, 0.25) is 0 Å². The summed E-state index contributed by atoms with van der Waals surface area (Å²) < 4.78 is 1.97. The number of hydrogen-bond donors (Lipinski definition) is 0. The van der Waals surface area contributed by atoms with Crippen molar-refractivity contribution in [2.45, 2.75) is 0 Å². The van der Waals surface area contributed by atoms with Crippen molar-refractivity contribution < 1.29 is 9.59 Å². The summed E-state index contributed by atoms with van der Waals surface area (Å²) in [5.74, 6) is -0.981. The van der Waals surface area contributed by atoms with Crippen molar-refractivity contribution >= 4 is 39.3 Å². The summed E-state index contributed by atoms with van der Waals surface area (Å²) in [5, 5.41) is 41.6. The highest BCUT2D eigenvalue weighted by Gasteiger charge is 2.41. The quantitative estimate of drug-likeness (QED) is 0.154. The summed E-state index contributed by atoms with van der Waals surface area (Å²) in [6, 6.07) is 60.8. The van der Waals surface area contributed by atoms with E-state index >= 15 is 4.79 Å². The van der Waals surface area contributed by atoms with E-state index in [9.17, 15) is 25.8 Å². The fraction of sp³-hybridized carbons (Fsp3) is 0. The van der Waals surface area contributed by atoms with Gasteiger partial charge in [-0.2, -0.15) is 21.0 Å². The minimum absolute atomic E-state index is 0.194. The first-order chi connectivity index (χ1) is 30.4. The predicted molar refractivity (Wildman–Crippen MR) is 239 cm³/mol. The molecule has 0 bridgehead atoms. The number of nitriles is 4. The van der Waals surface area contributed by atoms with E-state index in [0.29, 0.717) is 72.5 Å². The Kier molecular flexibility index (Phi) is 8.82. The van der Waals surface area contributed by atoms with Crippen LogP contribution in [0.3, 0.4) is 0 Å². The van der Waals surface area contributed by atoms with Gasteiger partial charge < -0.3 is 4.57 Å². The van der Waals surface area contributed by atoms with Gasteiger partial charge in [0, 0.05) is 27.5 Å². The number of hydrogen-bond acceptors (Lipinski definition) is 6. The van der Waals surface area contributed by atoms with E-state index in [4.69, 9.17) is 0 Å². The summed E-state index contributed by atoms with van der Waals surface area (Å²) in [5.41, 5.74) is 9.86. The van der Waals surface area contributed by atoms with Gasteiger partial charge in [-0.1, -0.05) is 109 Å². The number of fused-ring (bicyclic) bond motifs is 4. The minimum atomic E-state index is -0.508. The summed E-state index contributed by atoms with van der Waals surface area (Å²) in [4.78, 5) is 31.4. The molecule has 0 radical (unpaired) electrons. The van der Waals surface area contributed by atoms with Crippen LogP contribution in [0, 0.1) is 45.3 Å². The molecule has 0 N–H and O–H groups in total. The zero-order valence-electron chi connectivity index (χ0n) is 32.7. The van der Waals surface area contributed by atoms with Gasteiger partial charge in [0.1, 0.15) is 0 Å². The highest BCUT2D eigenvalue weighted by Crippen LogP contribution is 2.45. The molecule has 0 aliphatic carbocycles. The summed E-state index contributed by atoms with van der Waals surface area (Å²) >= 11 is 0. The molecular formula is C54H28N6O2. The Bertz CT molecular complexity index is 3360. The zero-order chi connectivity index (χ0) is 42.5. The zero-order valence-corrected chi connectivity index (χ0v) is 32.7. The van der Waals surface area contributed by atoms with E-state index in [-0.39, 0.29) is 11.1 Å². The Hall–Kier alpha value is -9.34. The Morgan fingerprint density at radius 1 is 0.355 bits per heavy atom. The Morgan fingerprint density at radius 3 is 1.35 bits per heavy atom. The van der Waals surface area contributed by atoms with Gasteiger partial charge in [0.25, 0.3) is 11.8 Å². The van der Waals surface area contributed by atoms with Gasteiger partial charge in [0.05, 0.1) is 80.1 Å². The largest absolute Gasteiger partial charge is 0.307 e. The molecule has 8 aromatic carbocycles. The van der Waals surface area contributed by atoms with Gasteiger partial charge in [-0.3, -0.25) is 9.59 Å². The molecule has 9 aromatic rings. The minimum Gasteiger partial charge on any atom is -0.307 e. The monoisotopic (exact) mass is 792 g/mol. The molecule has 0 saturated carbocycles. The van der Waals surface area contributed by atoms with Crippen molar-refractivity contribution in [1.29, 1.82) is 21.0 Å². The molecule has 0 fully saturated rings. The molecule has 0 atom stereocenters. The average Bonchev–Trinajstić information content (AvgIpc) is 3.81. The molecule has 0 spiro atoms. The Morgan fingerprint density at radius 2 is 0.839 bits per heavy atom. The van der Waals surface area contributed by atoms with Crippen molar-refractivity contribution in [2.75, 3.05) is 4.90 Å². The molecule has 286 valence electrons. The third kappa shape index (κ3) is 5.89. The number of amides is 2. The van der Waals surface area contributed by atoms with Crippen LogP contribution in [0.15, 0.2) is 170 Å². The third-order valence-electron chi connectivity index (χ3n) is 11.4. The maximum Gasteiger partial charge on any atom is 0.268 e. The van der Waals surface area contributed by atoms with E-state index in [0.717, 1.165) is 27.5 Å². The molecule has 10 rings (SSSR count). The lowest BCUT2D eigenvalue weighted by Gasteiger charge is -2.20. The van der Waals surface area contributed by atoms with Crippen LogP contribution in [0.1, 0.15) is 43.0 Å². The topological polar surface area (TPSA) is 137 Å². The second-order valence-electron chi connectivity index (χ2n) is 14.9. The van der Waals surface area contributed by atoms with Crippen LogP contribution >= 0.6 is 0 Å². The van der Waals surface area contributed by atoms with Gasteiger partial charge in [-0.05, 0) is 88.5 Å². The SMILES string of the molecule is N#Cc1cc(C#N)cc(-c2cccc3c4cccc(-c5cc(C#N)cc(C#N)c5)c4n(-c4cccc5c4C(=O)N(c4ccc(-c6ccccc6)cc4-c4ccccc4)C5=O)c23)c1. The van der Waals surface area contributed by atoms with Crippen LogP contribution in [-0.4, -0.2) is 16.4 Å². The van der Waals surface area contributed by atoms with Gasteiger partial charge in [0.2, 0.25) is 0 Å². The Balaban J connectivity index is 1.27. The summed E-state index contributed by atoms with van der Waals surface area (Å²) in [6.45, 7) is 0. The number of aromatic nitrogens is 1. The Labute approximate surface area is 355 Å². The lowest BCUT2D eigenvalue weighted by atomic mass is 9.97. The second-order valence-corrected chi connectivity index (χ2v) is 14.9. The highest BCUT2D eigenvalue weighted by molar-refractivity contribution is 6.36. The average molecular weight is 793 g/mol. The fourth-order valence-electron chi connectivity index (χ4n) is 8.71. The van der Waals surface area contributed by atoms with Gasteiger partial charge >= 0.3 is 0 Å². The summed E-state index contributed by atoms with van der Waals surface area (Å²) in [7, 11) is 0. The predicted octanol–water partition coefficient (Wildman–Crippen LogP) is 11.7. The highest BCUT2D eigenvalue weighted by atomic mass is 16.2. The number of benzene rings is 8. The van der Waals surface area contributed by atoms with Crippen molar-refractivity contribution in [3.05, 3.63) is 203 Å². The van der Waals surface area contributed by atoms with Crippen molar-refractivity contribution in [1.82, 2.24) is 4.57 Å². The third-order valence-corrected chi connectivity index (χ3v) is 11.4. The smallest absolute Gasteiger partial charge is 0.268 e. The number of anilines is 1. The number of rotatable bonds is 6. The molecule has 2 heterocycles. The number of carbonyl (C=O) groups is 2. The van der Waals surface area contributed by atoms with Gasteiger partial charge in [-0.25, -0.2) is 4.90 Å². The van der Waals surface area contributed by atoms with Crippen molar-refractivity contribution in [2.24, 2.45) is 0 Å². The second kappa shape index (κ2) is 14.8. The van der Waals surface area contributed by atoms with Gasteiger partial charge in [-0.15, -0.1) is 0 Å². The maximum atomic E-state index is 15.3. The lowest BCUT2D eigenvalue weighted by molar-refractivity contribution is 0.0926. The molecule has 62 heavy (non-hydrogen) atoms. The number of nitrogens with zero attached hydrogens (tertiary/aromatic N) is 6. The number of carbonyl (C=O) groups excluding carboxylic acids is 2. The molecule has 1 aliphatic rings. The standard InChI is InChI=1S/C54H28N6O2/c55-29-33-22-34(30-56)25-40(24-33)42-14-7-16-44-45-17-8-15-43(41-26-35(31-57)23-36(27-41)32-58)52(45)59(51(42)44)49-19-9-18-46-50(49)54(62)60(53(46)61)48-21-20-39(37-10-3-1-4-11-37)28-47(48)38-12-5-2-6-13-38/h1-28H. The van der Waals surface area contributed by atoms with Crippen LogP contribution in [0.4, 0.5) is 5.69 Å². The molecule has 2 amide bonds. The van der Waals surface area contributed by atoms with E-state index in [1.165, 1.54) is 17.0 Å². The number of imide groups is 1. The van der Waals surface area contributed by atoms with E-state index in [1.54, 1.807) is 36.4 Å². The molecular weight excluding hydrogens is 765 g/mol. The molecule has 1 aromatic heterocycles. The first kappa shape index (κ1) is 37.0. The molecule has 1 aliphatic heterocycles. The molecule has 0 saturated heterocycles. The molecule has 8 heteroatoms. The first-order valence-corrected chi connectivity index (χ1v) is 19.6. The van der Waals surface area contributed by atoms with Crippen LogP contribution in [0.5, 0.6) is 0 Å². The normalized spacial score (nSPS) is 11.8. The summed E-state index contributed by atoms with van der Waals surface area (Å²) in [6.07, 6.45) is 0. The maximum absolute atomic E-state index is 15.3.